The fourth-order valence-corrected chi connectivity index (χ4v) is 2.54. The fraction of sp³-hybridized carbons (Fsp3) is 1.00. The van der Waals surface area contributed by atoms with Crippen molar-refractivity contribution < 1.29 is 5.11 Å². The Balaban J connectivity index is 2.26. The Morgan fingerprint density at radius 1 is 1.29 bits per heavy atom. The van der Waals surface area contributed by atoms with Crippen LogP contribution in [0, 0.1) is 11.8 Å². The van der Waals surface area contributed by atoms with E-state index in [2.05, 4.69) is 19.2 Å². The molecule has 84 valence electrons. The molecule has 3 atom stereocenters. The molecule has 14 heavy (non-hydrogen) atoms. The Morgan fingerprint density at radius 2 is 1.86 bits per heavy atom. The first-order valence-electron chi connectivity index (χ1n) is 6.02. The maximum Gasteiger partial charge on any atom is 0.0524 e. The summed E-state index contributed by atoms with van der Waals surface area (Å²) in [5, 5.41) is 12.8. The molecule has 0 unspecified atom stereocenters. The van der Waals surface area contributed by atoms with Crippen molar-refractivity contribution in [1.82, 2.24) is 5.32 Å². The molecule has 1 aliphatic rings. The normalized spacial score (nSPS) is 31.7. The highest BCUT2D eigenvalue weighted by Crippen LogP contribution is 2.28. The summed E-state index contributed by atoms with van der Waals surface area (Å²) >= 11 is 0. The Labute approximate surface area is 88.1 Å². The lowest BCUT2D eigenvalue weighted by molar-refractivity contribution is 0.166. The molecule has 0 radical (unpaired) electrons. The molecular weight excluding hydrogens is 174 g/mol. The monoisotopic (exact) mass is 199 g/mol. The van der Waals surface area contributed by atoms with Crippen molar-refractivity contribution in [2.24, 2.45) is 11.8 Å². The minimum atomic E-state index is -0.170. The third-order valence-electron chi connectivity index (χ3n) is 3.49. The van der Waals surface area contributed by atoms with Crippen molar-refractivity contribution in [3.8, 4) is 0 Å². The van der Waals surface area contributed by atoms with E-state index in [0.29, 0.717) is 6.04 Å². The summed E-state index contributed by atoms with van der Waals surface area (Å²) in [4.78, 5) is 0. The van der Waals surface area contributed by atoms with Crippen molar-refractivity contribution >= 4 is 0 Å². The molecule has 0 heterocycles. The largest absolute Gasteiger partial charge is 0.393 e. The van der Waals surface area contributed by atoms with Crippen molar-refractivity contribution in [2.75, 3.05) is 6.54 Å². The Hall–Kier alpha value is -0.0800. The second kappa shape index (κ2) is 5.72. The minimum Gasteiger partial charge on any atom is -0.393 e. The zero-order chi connectivity index (χ0) is 10.6. The fourth-order valence-electron chi connectivity index (χ4n) is 2.54. The van der Waals surface area contributed by atoms with E-state index in [-0.39, 0.29) is 6.10 Å². The highest BCUT2D eigenvalue weighted by molar-refractivity contribution is 4.83. The van der Waals surface area contributed by atoms with Gasteiger partial charge < -0.3 is 10.4 Å². The van der Waals surface area contributed by atoms with E-state index >= 15 is 0 Å². The Morgan fingerprint density at radius 3 is 2.36 bits per heavy atom. The van der Waals surface area contributed by atoms with Gasteiger partial charge in [0.25, 0.3) is 0 Å². The average Bonchev–Trinajstić information content (AvgIpc) is 2.09. The van der Waals surface area contributed by atoms with Gasteiger partial charge in [0.1, 0.15) is 0 Å². The number of hydrogen-bond donors (Lipinski definition) is 2. The number of aliphatic hydroxyl groups excluding tert-OH is 1. The van der Waals surface area contributed by atoms with Crippen molar-refractivity contribution in [1.29, 1.82) is 0 Å². The van der Waals surface area contributed by atoms with Crippen LogP contribution in [0.15, 0.2) is 0 Å². The zero-order valence-electron chi connectivity index (χ0n) is 9.79. The van der Waals surface area contributed by atoms with Gasteiger partial charge in [0.05, 0.1) is 6.10 Å². The summed E-state index contributed by atoms with van der Waals surface area (Å²) in [7, 11) is 0. The van der Waals surface area contributed by atoms with Crippen LogP contribution in [0.1, 0.15) is 46.5 Å². The molecule has 2 heteroatoms. The molecule has 0 aromatic heterocycles. The Kier molecular flexibility index (Phi) is 4.90. The van der Waals surface area contributed by atoms with Crippen LogP contribution in [0.4, 0.5) is 0 Å². The van der Waals surface area contributed by atoms with E-state index in [4.69, 9.17) is 0 Å². The molecule has 0 aromatic rings. The van der Waals surface area contributed by atoms with Crippen LogP contribution in [0.3, 0.4) is 0 Å². The second-order valence-electron chi connectivity index (χ2n) is 5.00. The third kappa shape index (κ3) is 3.58. The van der Waals surface area contributed by atoms with Crippen LogP contribution < -0.4 is 5.32 Å². The van der Waals surface area contributed by atoms with Gasteiger partial charge in [-0.15, -0.1) is 0 Å². The van der Waals surface area contributed by atoms with Crippen LogP contribution in [0.2, 0.25) is 0 Å². The predicted molar refractivity (Wildman–Crippen MR) is 60.3 cm³/mol. The topological polar surface area (TPSA) is 32.3 Å². The molecule has 1 saturated carbocycles. The lowest BCUT2D eigenvalue weighted by Gasteiger charge is -2.35. The molecule has 0 saturated heterocycles. The van der Waals surface area contributed by atoms with E-state index in [0.717, 1.165) is 24.8 Å². The van der Waals surface area contributed by atoms with Gasteiger partial charge in [0.15, 0.2) is 0 Å². The number of rotatable bonds is 4. The Bertz CT molecular complexity index is 148. The third-order valence-corrected chi connectivity index (χ3v) is 3.49. The molecule has 0 bridgehead atoms. The van der Waals surface area contributed by atoms with E-state index in [9.17, 15) is 5.11 Å². The molecular formula is C12H25NO. The molecule has 0 amide bonds. The molecule has 1 fully saturated rings. The highest BCUT2D eigenvalue weighted by atomic mass is 16.3. The summed E-state index contributed by atoms with van der Waals surface area (Å²) in [5.41, 5.74) is 0. The molecule has 0 aromatic carbocycles. The molecule has 2 N–H and O–H groups in total. The van der Waals surface area contributed by atoms with Gasteiger partial charge in [-0.25, -0.2) is 0 Å². The van der Waals surface area contributed by atoms with Crippen molar-refractivity contribution in [2.45, 2.75) is 58.6 Å². The second-order valence-corrected chi connectivity index (χ2v) is 5.00. The molecule has 0 aliphatic heterocycles. The lowest BCUT2D eigenvalue weighted by atomic mass is 9.79. The smallest absolute Gasteiger partial charge is 0.0524 e. The highest BCUT2D eigenvalue weighted by Gasteiger charge is 2.26. The quantitative estimate of drug-likeness (QED) is 0.727. The summed E-state index contributed by atoms with van der Waals surface area (Å²) in [6.45, 7) is 7.50. The molecule has 2 nitrogen and oxygen atoms in total. The van der Waals surface area contributed by atoms with Crippen LogP contribution in [0.25, 0.3) is 0 Å². The van der Waals surface area contributed by atoms with Crippen molar-refractivity contribution in [3.63, 3.8) is 0 Å². The SMILES string of the molecule is C[C@@H]1CCC[C@@H](C)C1NCC[C@@H](C)O. The standard InChI is InChI=1S/C12H25NO/c1-9-5-4-6-10(2)12(9)13-8-7-11(3)14/h9-14H,4-8H2,1-3H3/t9-,10-,11-/m1/s1. The maximum absolute atomic E-state index is 9.17. The van der Waals surface area contributed by atoms with E-state index < -0.39 is 0 Å². The first-order valence-corrected chi connectivity index (χ1v) is 6.02. The predicted octanol–water partition coefficient (Wildman–Crippen LogP) is 2.17. The molecule has 1 aliphatic carbocycles. The molecule has 1 rings (SSSR count). The minimum absolute atomic E-state index is 0.170. The maximum atomic E-state index is 9.17. The van der Waals surface area contributed by atoms with Gasteiger partial charge in [-0.05, 0) is 44.6 Å². The van der Waals surface area contributed by atoms with E-state index in [1.165, 1.54) is 19.3 Å². The van der Waals surface area contributed by atoms with Gasteiger partial charge in [-0.3, -0.25) is 0 Å². The average molecular weight is 199 g/mol. The number of hydrogen-bond acceptors (Lipinski definition) is 2. The zero-order valence-corrected chi connectivity index (χ0v) is 9.79. The first-order chi connectivity index (χ1) is 6.61. The van der Waals surface area contributed by atoms with Crippen LogP contribution >= 0.6 is 0 Å². The lowest BCUT2D eigenvalue weighted by Crippen LogP contribution is -2.43. The number of nitrogens with one attached hydrogen (secondary N) is 1. The van der Waals surface area contributed by atoms with Crippen LogP contribution in [0.5, 0.6) is 0 Å². The first kappa shape index (κ1) is 12.0. The van der Waals surface area contributed by atoms with Gasteiger partial charge >= 0.3 is 0 Å². The summed E-state index contributed by atoms with van der Waals surface area (Å²) in [6, 6.07) is 0.669. The van der Waals surface area contributed by atoms with E-state index in [1.54, 1.807) is 0 Å². The van der Waals surface area contributed by atoms with Gasteiger partial charge in [0.2, 0.25) is 0 Å². The van der Waals surface area contributed by atoms with Gasteiger partial charge in [0, 0.05) is 6.04 Å². The van der Waals surface area contributed by atoms with Crippen LogP contribution in [-0.4, -0.2) is 23.8 Å². The van der Waals surface area contributed by atoms with E-state index in [1.807, 2.05) is 6.92 Å². The summed E-state index contributed by atoms with van der Waals surface area (Å²) < 4.78 is 0. The van der Waals surface area contributed by atoms with Crippen LogP contribution in [-0.2, 0) is 0 Å². The van der Waals surface area contributed by atoms with Gasteiger partial charge in [-0.1, -0.05) is 20.3 Å². The number of aliphatic hydroxyl groups is 1. The summed E-state index contributed by atoms with van der Waals surface area (Å²) in [5.74, 6) is 1.60. The molecule has 0 spiro atoms. The van der Waals surface area contributed by atoms with Gasteiger partial charge in [-0.2, -0.15) is 0 Å². The summed E-state index contributed by atoms with van der Waals surface area (Å²) in [6.07, 6.45) is 4.80. The van der Waals surface area contributed by atoms with Crippen molar-refractivity contribution in [3.05, 3.63) is 0 Å².